The Balaban J connectivity index is -0.000000720. The number of carbonyl (C=O) groups is 3. The van der Waals surface area contributed by atoms with Gasteiger partial charge in [0.15, 0.2) is 0 Å². The summed E-state index contributed by atoms with van der Waals surface area (Å²) in [5.74, 6) is -5.98. The van der Waals surface area contributed by atoms with Crippen LogP contribution in [0, 0.1) is 0 Å². The Morgan fingerprint density at radius 3 is 1.40 bits per heavy atom. The molecule has 0 aliphatic rings. The van der Waals surface area contributed by atoms with Crippen LogP contribution in [0.25, 0.3) is 0 Å². The molecule has 9 heteroatoms. The molecule has 0 rings (SSSR count). The number of carboxylic acid groups (broad SMARTS) is 3. The standard InChI is InChI=1S/C6H8O7.Ba.Sr/c7-3(8)1-6(13,5(11)12)2-4(9)10;;/h13H,1-2H2,(H,7,8)(H,9,10)(H,11,12);;/q;2*+2/p-3. The molecule has 15 heavy (non-hydrogen) atoms. The molecule has 0 aromatic rings. The third-order valence-electron chi connectivity index (χ3n) is 1.25. The van der Waals surface area contributed by atoms with Crippen molar-refractivity contribution < 1.29 is 34.8 Å². The largest absolute Gasteiger partial charge is 2.00 e. The molecule has 0 amide bonds. The van der Waals surface area contributed by atoms with Gasteiger partial charge in [-0.15, -0.1) is 0 Å². The second kappa shape index (κ2) is 9.45. The molecule has 0 aliphatic carbocycles. The zero-order valence-electron chi connectivity index (χ0n) is 7.73. The number of rotatable bonds is 5. The van der Waals surface area contributed by atoms with Gasteiger partial charge < -0.3 is 34.8 Å². The van der Waals surface area contributed by atoms with Crippen molar-refractivity contribution in [3.05, 3.63) is 0 Å². The van der Waals surface area contributed by atoms with Crippen LogP contribution in [0.15, 0.2) is 0 Å². The third-order valence-corrected chi connectivity index (χ3v) is 1.25. The van der Waals surface area contributed by atoms with Gasteiger partial charge in [-0.3, -0.25) is 0 Å². The van der Waals surface area contributed by atoms with Crippen molar-refractivity contribution in [1.82, 2.24) is 0 Å². The van der Waals surface area contributed by atoms with Crippen LogP contribution in [0.2, 0.25) is 0 Å². The van der Waals surface area contributed by atoms with E-state index < -0.39 is 36.4 Å². The normalized spacial score (nSPS) is 9.40. The first-order valence-corrected chi connectivity index (χ1v) is 3.11. The SMILES string of the molecule is O=C([O-])CC(O)(CC(=O)[O-])C(=O)[O-].[Ba+2].[Sr+2]. The molecule has 0 saturated heterocycles. The Bertz CT molecular complexity index is 238. The topological polar surface area (TPSA) is 141 Å². The van der Waals surface area contributed by atoms with Gasteiger partial charge in [-0.2, -0.15) is 0 Å². The fourth-order valence-corrected chi connectivity index (χ4v) is 0.684. The molecule has 0 fully saturated rings. The molecule has 0 atom stereocenters. The smallest absolute Gasteiger partial charge is 0.550 e. The summed E-state index contributed by atoms with van der Waals surface area (Å²) >= 11 is 0. The fourth-order valence-electron chi connectivity index (χ4n) is 0.684. The van der Waals surface area contributed by atoms with E-state index in [1.165, 1.54) is 0 Å². The molecule has 0 bridgehead atoms. The molecule has 1 N–H and O–H groups in total. The van der Waals surface area contributed by atoms with Gasteiger partial charge in [0.05, 0.1) is 5.97 Å². The molecule has 0 aliphatic heterocycles. The molecule has 0 spiro atoms. The van der Waals surface area contributed by atoms with Gasteiger partial charge in [-0.1, -0.05) is 0 Å². The molecule has 0 radical (unpaired) electrons. The summed E-state index contributed by atoms with van der Waals surface area (Å²) in [7, 11) is 0. The van der Waals surface area contributed by atoms with Gasteiger partial charge in [0, 0.05) is 24.8 Å². The maximum absolute atomic E-state index is 10.1. The van der Waals surface area contributed by atoms with E-state index in [-0.39, 0.29) is 94.4 Å². The predicted molar refractivity (Wildman–Crippen MR) is 40.7 cm³/mol. The monoisotopic (exact) mass is 415 g/mol. The van der Waals surface area contributed by atoms with Crippen molar-refractivity contribution in [2.24, 2.45) is 0 Å². The van der Waals surface area contributed by atoms with Gasteiger partial charge in [0.25, 0.3) is 0 Å². The molecular weight excluding hydrogens is 409 g/mol. The summed E-state index contributed by atoms with van der Waals surface area (Å²) in [6.07, 6.45) is -2.72. The molecule has 0 aromatic heterocycles. The van der Waals surface area contributed by atoms with E-state index in [9.17, 15) is 29.7 Å². The minimum absolute atomic E-state index is 0. The number of carbonyl (C=O) groups excluding carboxylic acids is 3. The Morgan fingerprint density at radius 1 is 1.00 bits per heavy atom. The van der Waals surface area contributed by atoms with E-state index in [1.807, 2.05) is 0 Å². The Labute approximate surface area is 162 Å². The number of carboxylic acids is 3. The van der Waals surface area contributed by atoms with Crippen LogP contribution >= 0.6 is 0 Å². The third kappa shape index (κ3) is 9.15. The summed E-state index contributed by atoms with van der Waals surface area (Å²) in [4.78, 5) is 30.0. The van der Waals surface area contributed by atoms with E-state index in [0.29, 0.717) is 0 Å². The van der Waals surface area contributed by atoms with Crippen LogP contribution in [0.3, 0.4) is 0 Å². The first kappa shape index (κ1) is 21.7. The summed E-state index contributed by atoms with van der Waals surface area (Å²) in [5, 5.41) is 38.9. The van der Waals surface area contributed by atoms with Crippen molar-refractivity contribution in [1.29, 1.82) is 0 Å². The first-order chi connectivity index (χ1) is 5.78. The van der Waals surface area contributed by atoms with Gasteiger partial charge >= 0.3 is 94.4 Å². The van der Waals surface area contributed by atoms with Gasteiger partial charge in [0.2, 0.25) is 0 Å². The zero-order chi connectivity index (χ0) is 10.6. The molecule has 0 unspecified atom stereocenters. The van der Waals surface area contributed by atoms with Crippen LogP contribution in [0.1, 0.15) is 12.8 Å². The van der Waals surface area contributed by atoms with Gasteiger partial charge in [0.1, 0.15) is 5.60 Å². The number of hydrogen-bond acceptors (Lipinski definition) is 7. The molecule has 7 nitrogen and oxygen atoms in total. The zero-order valence-corrected chi connectivity index (χ0v) is 15.6. The molecule has 0 saturated carbocycles. The van der Waals surface area contributed by atoms with Gasteiger partial charge in [-0.05, 0) is 0 Å². The summed E-state index contributed by atoms with van der Waals surface area (Å²) in [6.45, 7) is 0. The number of aliphatic carboxylic acids is 3. The average molecular weight is 414 g/mol. The van der Waals surface area contributed by atoms with Crippen LogP contribution < -0.4 is 15.3 Å². The Kier molecular flexibility index (Phi) is 13.7. The van der Waals surface area contributed by atoms with Gasteiger partial charge in [-0.25, -0.2) is 0 Å². The van der Waals surface area contributed by atoms with Crippen molar-refractivity contribution in [3.63, 3.8) is 0 Å². The van der Waals surface area contributed by atoms with Crippen LogP contribution in [0.4, 0.5) is 0 Å². The minimum atomic E-state index is -2.97. The van der Waals surface area contributed by atoms with Crippen molar-refractivity contribution in [2.45, 2.75) is 18.4 Å². The second-order valence-corrected chi connectivity index (χ2v) is 2.42. The predicted octanol–water partition coefficient (Wildman–Crippen LogP) is -6.01. The average Bonchev–Trinajstić information content (AvgIpc) is 1.82. The van der Waals surface area contributed by atoms with E-state index in [1.54, 1.807) is 0 Å². The number of aliphatic hydroxyl groups is 1. The summed E-state index contributed by atoms with van der Waals surface area (Å²) in [5.41, 5.74) is -2.97. The Morgan fingerprint density at radius 2 is 1.27 bits per heavy atom. The van der Waals surface area contributed by atoms with Crippen LogP contribution in [-0.4, -0.2) is 123 Å². The first-order valence-electron chi connectivity index (χ1n) is 3.11. The Hall–Kier alpha value is 1.42. The maximum atomic E-state index is 10.1. The van der Waals surface area contributed by atoms with E-state index in [2.05, 4.69) is 0 Å². The maximum Gasteiger partial charge on any atom is 2.00 e. The summed E-state index contributed by atoms with van der Waals surface area (Å²) in [6, 6.07) is 0. The van der Waals surface area contributed by atoms with E-state index in [4.69, 9.17) is 5.11 Å². The molecule has 0 aromatic carbocycles. The van der Waals surface area contributed by atoms with Crippen molar-refractivity contribution in [2.75, 3.05) is 0 Å². The molecular formula is C6H5BaO7Sr+. The minimum Gasteiger partial charge on any atom is -0.550 e. The van der Waals surface area contributed by atoms with E-state index >= 15 is 0 Å². The van der Waals surface area contributed by atoms with Crippen LogP contribution in [-0.2, 0) is 14.4 Å². The molecule has 0 heterocycles. The van der Waals surface area contributed by atoms with Crippen LogP contribution in [0.5, 0.6) is 0 Å². The molecule has 74 valence electrons. The second-order valence-electron chi connectivity index (χ2n) is 2.42. The van der Waals surface area contributed by atoms with Crippen molar-refractivity contribution >= 4 is 112 Å². The quantitative estimate of drug-likeness (QED) is 0.442. The van der Waals surface area contributed by atoms with Crippen molar-refractivity contribution in [3.8, 4) is 0 Å². The fraction of sp³-hybridized carbons (Fsp3) is 0.500. The van der Waals surface area contributed by atoms with E-state index in [0.717, 1.165) is 0 Å². The number of hydrogen-bond donors (Lipinski definition) is 1. The summed E-state index contributed by atoms with van der Waals surface area (Å²) < 4.78 is 0.